The van der Waals surface area contributed by atoms with Gasteiger partial charge < -0.3 is 29.8 Å². The second-order valence-electron chi connectivity index (χ2n) is 11.1. The van der Waals surface area contributed by atoms with Gasteiger partial charge in [0.15, 0.2) is 0 Å². The van der Waals surface area contributed by atoms with E-state index in [1.54, 1.807) is 24.4 Å². The van der Waals surface area contributed by atoms with Crippen LogP contribution in [0.2, 0.25) is 0 Å². The fourth-order valence-electron chi connectivity index (χ4n) is 6.30. The highest BCUT2D eigenvalue weighted by Gasteiger charge is 2.42. The number of carboxylic acid groups (broad SMARTS) is 1. The van der Waals surface area contributed by atoms with Crippen LogP contribution in [0.5, 0.6) is 5.75 Å². The molecule has 1 saturated carbocycles. The first-order chi connectivity index (χ1) is 20.1. The number of anilines is 2. The number of para-hydroxylation sites is 1. The summed E-state index contributed by atoms with van der Waals surface area (Å²) in [6, 6.07) is 10.2. The molecular formula is C30H31F3N4O5. The number of hydrogen-bond acceptors (Lipinski definition) is 6. The first-order valence-corrected chi connectivity index (χ1v) is 14.1. The molecule has 2 bridgehead atoms. The van der Waals surface area contributed by atoms with Gasteiger partial charge >= 0.3 is 12.3 Å². The molecule has 2 aliphatic heterocycles. The molecule has 2 aromatic heterocycles. The van der Waals surface area contributed by atoms with Gasteiger partial charge in [0.25, 0.3) is 0 Å². The molecule has 4 heterocycles. The molecule has 2 atom stereocenters. The van der Waals surface area contributed by atoms with Gasteiger partial charge in [0, 0.05) is 40.7 Å². The van der Waals surface area contributed by atoms with E-state index < -0.39 is 24.7 Å². The fourth-order valence-corrected chi connectivity index (χ4v) is 6.30. The lowest BCUT2D eigenvalue weighted by atomic mass is 9.98. The number of aromatic amines is 1. The minimum Gasteiger partial charge on any atom is -0.481 e. The van der Waals surface area contributed by atoms with Crippen molar-refractivity contribution in [1.29, 1.82) is 0 Å². The van der Waals surface area contributed by atoms with Gasteiger partial charge in [-0.3, -0.25) is 9.59 Å². The number of halogens is 3. The zero-order valence-electron chi connectivity index (χ0n) is 22.7. The Balaban J connectivity index is 1.14. The summed E-state index contributed by atoms with van der Waals surface area (Å²) in [5.41, 5.74) is 3.38. The van der Waals surface area contributed by atoms with Crippen molar-refractivity contribution in [2.45, 2.75) is 82.0 Å². The van der Waals surface area contributed by atoms with Crippen molar-refractivity contribution in [2.75, 3.05) is 10.2 Å². The summed E-state index contributed by atoms with van der Waals surface area (Å²) in [5.74, 6) is -0.896. The second-order valence-corrected chi connectivity index (χ2v) is 11.1. The average Bonchev–Trinajstić information content (AvgIpc) is 3.63. The molecule has 42 heavy (non-hydrogen) atoms. The lowest BCUT2D eigenvalue weighted by Gasteiger charge is -2.39. The standard InChI is InChI=1S/C30H31F3N4O5/c31-30(32,33)42-25-4-2-1-3-22(25)23-15-35-29(17-5-6-17)24(23)16-41-21-11-19-8-9-20(12-21)37(19)26-10-7-18(14-34-26)36-27(38)13-28(39)40/h1-4,7,10,14-15,17,19-21,35H,5-6,8-9,11-13,16H2,(H,36,38)(H,39,40). The summed E-state index contributed by atoms with van der Waals surface area (Å²) in [6.45, 7) is 0.290. The zero-order chi connectivity index (χ0) is 29.4. The van der Waals surface area contributed by atoms with Crippen LogP contribution in [0.1, 0.15) is 62.1 Å². The van der Waals surface area contributed by atoms with Crippen LogP contribution in [0.25, 0.3) is 11.1 Å². The van der Waals surface area contributed by atoms with Crippen molar-refractivity contribution in [1.82, 2.24) is 9.97 Å². The third-order valence-electron chi connectivity index (χ3n) is 8.17. The minimum atomic E-state index is -4.79. The van der Waals surface area contributed by atoms with E-state index in [4.69, 9.17) is 9.84 Å². The summed E-state index contributed by atoms with van der Waals surface area (Å²) in [6.07, 6.45) is 3.52. The molecule has 9 nitrogen and oxygen atoms in total. The number of nitrogens with one attached hydrogen (secondary N) is 2. The highest BCUT2D eigenvalue weighted by molar-refractivity contribution is 6.01. The molecule has 12 heteroatoms. The number of alkyl halides is 3. The second kappa shape index (κ2) is 11.3. The fraction of sp³-hybridized carbons (Fsp3) is 0.433. The van der Waals surface area contributed by atoms with Crippen molar-refractivity contribution in [2.24, 2.45) is 0 Å². The number of carbonyl (C=O) groups excluding carboxylic acids is 1. The van der Waals surface area contributed by atoms with Crippen LogP contribution in [0.15, 0.2) is 48.8 Å². The van der Waals surface area contributed by atoms with Gasteiger partial charge in [-0.1, -0.05) is 18.2 Å². The van der Waals surface area contributed by atoms with E-state index in [-0.39, 0.29) is 30.5 Å². The molecule has 3 aliphatic rings. The number of H-pyrrole nitrogens is 1. The average molecular weight is 585 g/mol. The number of rotatable bonds is 10. The van der Waals surface area contributed by atoms with Gasteiger partial charge in [0.2, 0.25) is 5.91 Å². The van der Waals surface area contributed by atoms with Crippen LogP contribution in [0.4, 0.5) is 24.7 Å². The molecule has 3 fully saturated rings. The summed E-state index contributed by atoms with van der Waals surface area (Å²) >= 11 is 0. The van der Waals surface area contributed by atoms with E-state index in [0.717, 1.165) is 55.6 Å². The Labute approximate surface area is 240 Å². The van der Waals surface area contributed by atoms with E-state index in [0.29, 0.717) is 22.7 Å². The lowest BCUT2D eigenvalue weighted by Crippen LogP contribution is -2.46. The van der Waals surface area contributed by atoms with Crippen molar-refractivity contribution < 1.29 is 37.3 Å². The number of nitrogens with zero attached hydrogens (tertiary/aromatic N) is 2. The Morgan fingerprint density at radius 2 is 1.79 bits per heavy atom. The molecule has 1 aliphatic carbocycles. The maximum absolute atomic E-state index is 13.1. The van der Waals surface area contributed by atoms with Crippen LogP contribution in [0, 0.1) is 0 Å². The largest absolute Gasteiger partial charge is 0.573 e. The molecule has 1 amide bonds. The van der Waals surface area contributed by atoms with E-state index in [1.807, 2.05) is 6.07 Å². The smallest absolute Gasteiger partial charge is 0.481 e. The number of piperidine rings is 1. The van der Waals surface area contributed by atoms with Gasteiger partial charge in [0.1, 0.15) is 18.0 Å². The van der Waals surface area contributed by atoms with Crippen LogP contribution in [-0.4, -0.2) is 51.5 Å². The number of aromatic nitrogens is 2. The predicted molar refractivity (Wildman–Crippen MR) is 147 cm³/mol. The maximum Gasteiger partial charge on any atom is 0.573 e. The third kappa shape index (κ3) is 6.23. The zero-order valence-corrected chi connectivity index (χ0v) is 22.7. The Morgan fingerprint density at radius 3 is 2.43 bits per heavy atom. The molecule has 2 unspecified atom stereocenters. The summed E-state index contributed by atoms with van der Waals surface area (Å²) < 4.78 is 50.2. The van der Waals surface area contributed by atoms with Crippen molar-refractivity contribution in [3.05, 3.63) is 60.0 Å². The number of ether oxygens (including phenoxy) is 2. The number of fused-ring (bicyclic) bond motifs is 2. The first kappa shape index (κ1) is 28.1. The summed E-state index contributed by atoms with van der Waals surface area (Å²) in [5, 5.41) is 11.3. The van der Waals surface area contributed by atoms with Crippen LogP contribution in [-0.2, 0) is 20.9 Å². The molecule has 222 valence electrons. The van der Waals surface area contributed by atoms with Crippen molar-refractivity contribution >= 4 is 23.4 Å². The molecule has 0 spiro atoms. The molecule has 2 saturated heterocycles. The number of carbonyl (C=O) groups is 2. The van der Waals surface area contributed by atoms with Crippen LogP contribution < -0.4 is 15.0 Å². The van der Waals surface area contributed by atoms with Gasteiger partial charge in [-0.2, -0.15) is 0 Å². The van der Waals surface area contributed by atoms with Gasteiger partial charge in [-0.25, -0.2) is 4.98 Å². The quantitative estimate of drug-likeness (QED) is 0.251. The molecule has 6 rings (SSSR count). The van der Waals surface area contributed by atoms with Gasteiger partial charge in [0.05, 0.1) is 24.6 Å². The maximum atomic E-state index is 13.1. The Morgan fingerprint density at radius 1 is 1.05 bits per heavy atom. The first-order valence-electron chi connectivity index (χ1n) is 14.1. The lowest BCUT2D eigenvalue weighted by molar-refractivity contribution is -0.274. The molecule has 1 aromatic carbocycles. The molecule has 3 N–H and O–H groups in total. The minimum absolute atomic E-state index is 0.00944. The number of carboxylic acids is 1. The van der Waals surface area contributed by atoms with E-state index >= 15 is 0 Å². The molecule has 3 aromatic rings. The normalized spacial score (nSPS) is 21.8. The highest BCUT2D eigenvalue weighted by atomic mass is 19.4. The third-order valence-corrected chi connectivity index (χ3v) is 8.17. The van der Waals surface area contributed by atoms with E-state index in [2.05, 4.69) is 24.9 Å². The number of aliphatic carboxylic acids is 1. The van der Waals surface area contributed by atoms with E-state index in [9.17, 15) is 22.8 Å². The molecular weight excluding hydrogens is 553 g/mol. The van der Waals surface area contributed by atoms with Crippen molar-refractivity contribution in [3.63, 3.8) is 0 Å². The van der Waals surface area contributed by atoms with Crippen LogP contribution >= 0.6 is 0 Å². The van der Waals surface area contributed by atoms with E-state index in [1.165, 1.54) is 18.3 Å². The number of benzene rings is 1. The Hall–Kier alpha value is -4.06. The van der Waals surface area contributed by atoms with Gasteiger partial charge in [-0.05, 0) is 62.6 Å². The monoisotopic (exact) mass is 584 g/mol. The van der Waals surface area contributed by atoms with Crippen LogP contribution in [0.3, 0.4) is 0 Å². The summed E-state index contributed by atoms with van der Waals surface area (Å²) in [4.78, 5) is 32.6. The molecule has 0 radical (unpaired) electrons. The number of hydrogen-bond donors (Lipinski definition) is 3. The number of pyridine rings is 1. The number of amides is 1. The van der Waals surface area contributed by atoms with Gasteiger partial charge in [-0.15, -0.1) is 13.2 Å². The highest BCUT2D eigenvalue weighted by Crippen LogP contribution is 2.46. The van der Waals surface area contributed by atoms with Crippen molar-refractivity contribution in [3.8, 4) is 16.9 Å². The summed E-state index contributed by atoms with van der Waals surface area (Å²) in [7, 11) is 0. The Bertz CT molecular complexity index is 1440. The topological polar surface area (TPSA) is 117 Å². The SMILES string of the molecule is O=C(O)CC(=O)Nc1ccc(N2C3CCC2CC(OCc2c(-c4ccccc4OC(F)(F)F)c[nH]c2C2CC2)C3)nc1. The predicted octanol–water partition coefficient (Wildman–Crippen LogP) is 5.98. The Kier molecular flexibility index (Phi) is 7.56.